The molecule has 122 valence electrons. The first-order chi connectivity index (χ1) is 10.2. The third-order valence-corrected chi connectivity index (χ3v) is 4.55. The van der Waals surface area contributed by atoms with E-state index in [2.05, 4.69) is 29.0 Å². The van der Waals surface area contributed by atoms with Crippen molar-refractivity contribution in [3.05, 3.63) is 0 Å². The lowest BCUT2D eigenvalue weighted by molar-refractivity contribution is -0.132. The smallest absolute Gasteiger partial charge is 0.236 e. The summed E-state index contributed by atoms with van der Waals surface area (Å²) in [6, 6.07) is 0.599. The molecule has 0 radical (unpaired) electrons. The molecular formula is C17H33N3O. The Kier molecular flexibility index (Phi) is 6.97. The molecule has 2 aliphatic rings. The molecule has 0 spiro atoms. The minimum absolute atomic E-state index is 0.331. The molecule has 1 aliphatic carbocycles. The Bertz CT molecular complexity index is 305. The van der Waals surface area contributed by atoms with Crippen LogP contribution in [0, 0.1) is 5.92 Å². The second-order valence-electron chi connectivity index (χ2n) is 6.81. The lowest BCUT2D eigenvalue weighted by atomic mass is 10.2. The molecule has 0 aromatic rings. The third kappa shape index (κ3) is 5.95. The van der Waals surface area contributed by atoms with E-state index in [4.69, 9.17) is 0 Å². The summed E-state index contributed by atoms with van der Waals surface area (Å²) in [5.74, 6) is 1.18. The fourth-order valence-electron chi connectivity index (χ4n) is 3.29. The number of nitrogens with one attached hydrogen (secondary N) is 1. The first-order valence-electron chi connectivity index (χ1n) is 8.96. The average Bonchev–Trinajstić information content (AvgIpc) is 3.12. The number of rotatable bonds is 10. The SMILES string of the molecule is CCCN(CCC)C(=O)CN(CC1CC1)CC1CCCN1. The van der Waals surface area contributed by atoms with E-state index in [1.165, 1.54) is 25.7 Å². The normalized spacial score (nSPS) is 22.0. The summed E-state index contributed by atoms with van der Waals surface area (Å²) in [5, 5.41) is 3.57. The van der Waals surface area contributed by atoms with Crippen LogP contribution in [0.25, 0.3) is 0 Å². The van der Waals surface area contributed by atoms with Gasteiger partial charge in [-0.05, 0) is 51.0 Å². The largest absolute Gasteiger partial charge is 0.342 e. The van der Waals surface area contributed by atoms with Gasteiger partial charge in [-0.2, -0.15) is 0 Å². The van der Waals surface area contributed by atoms with Gasteiger partial charge in [-0.1, -0.05) is 13.8 Å². The van der Waals surface area contributed by atoms with E-state index in [-0.39, 0.29) is 0 Å². The summed E-state index contributed by atoms with van der Waals surface area (Å²) in [6.45, 7) is 10.1. The Balaban J connectivity index is 1.84. The quantitative estimate of drug-likeness (QED) is 0.670. The van der Waals surface area contributed by atoms with Gasteiger partial charge >= 0.3 is 0 Å². The van der Waals surface area contributed by atoms with Crippen LogP contribution in [0.2, 0.25) is 0 Å². The molecule has 0 bridgehead atoms. The van der Waals surface area contributed by atoms with E-state index in [1.807, 2.05) is 0 Å². The van der Waals surface area contributed by atoms with Crippen molar-refractivity contribution in [2.45, 2.75) is 58.4 Å². The van der Waals surface area contributed by atoms with Crippen molar-refractivity contribution in [3.8, 4) is 0 Å². The molecule has 4 heteroatoms. The first-order valence-corrected chi connectivity index (χ1v) is 8.96. The van der Waals surface area contributed by atoms with E-state index < -0.39 is 0 Å². The summed E-state index contributed by atoms with van der Waals surface area (Å²) < 4.78 is 0. The van der Waals surface area contributed by atoms with Gasteiger partial charge in [-0.15, -0.1) is 0 Å². The highest BCUT2D eigenvalue weighted by atomic mass is 16.2. The number of nitrogens with zero attached hydrogens (tertiary/aromatic N) is 2. The highest BCUT2D eigenvalue weighted by molar-refractivity contribution is 5.78. The first kappa shape index (κ1) is 16.8. The third-order valence-electron chi connectivity index (χ3n) is 4.55. The molecule has 1 N–H and O–H groups in total. The van der Waals surface area contributed by atoms with Gasteiger partial charge in [0.05, 0.1) is 6.54 Å². The fraction of sp³-hybridized carbons (Fsp3) is 0.941. The standard InChI is InChI=1S/C17H33N3O/c1-3-10-20(11-4-2)17(21)14-19(12-15-7-8-15)13-16-6-5-9-18-16/h15-16,18H,3-14H2,1-2H3. The van der Waals surface area contributed by atoms with Gasteiger partial charge < -0.3 is 10.2 Å². The number of amides is 1. The minimum Gasteiger partial charge on any atom is -0.342 e. The molecule has 1 atom stereocenters. The Labute approximate surface area is 130 Å². The maximum Gasteiger partial charge on any atom is 0.236 e. The molecular weight excluding hydrogens is 262 g/mol. The van der Waals surface area contributed by atoms with E-state index in [9.17, 15) is 4.79 Å². The molecule has 1 amide bonds. The molecule has 1 unspecified atom stereocenters. The number of hydrogen-bond donors (Lipinski definition) is 1. The van der Waals surface area contributed by atoms with Crippen LogP contribution in [-0.4, -0.2) is 61.0 Å². The molecule has 0 aromatic heterocycles. The van der Waals surface area contributed by atoms with E-state index in [1.54, 1.807) is 0 Å². The molecule has 0 aromatic carbocycles. The van der Waals surface area contributed by atoms with Crippen LogP contribution in [0.4, 0.5) is 0 Å². The zero-order valence-corrected chi connectivity index (χ0v) is 13.9. The highest BCUT2D eigenvalue weighted by Crippen LogP contribution is 2.30. The van der Waals surface area contributed by atoms with Crippen LogP contribution in [0.3, 0.4) is 0 Å². The van der Waals surface area contributed by atoms with E-state index in [0.717, 1.165) is 51.5 Å². The lowest BCUT2D eigenvalue weighted by Crippen LogP contribution is -2.45. The summed E-state index contributed by atoms with van der Waals surface area (Å²) in [6.07, 6.45) is 7.38. The molecule has 21 heavy (non-hydrogen) atoms. The maximum atomic E-state index is 12.6. The van der Waals surface area contributed by atoms with E-state index >= 15 is 0 Å². The van der Waals surface area contributed by atoms with E-state index in [0.29, 0.717) is 18.5 Å². The van der Waals surface area contributed by atoms with Crippen molar-refractivity contribution in [1.82, 2.24) is 15.1 Å². The Morgan fingerprint density at radius 3 is 2.33 bits per heavy atom. The van der Waals surface area contributed by atoms with Crippen molar-refractivity contribution < 1.29 is 4.79 Å². The fourth-order valence-corrected chi connectivity index (χ4v) is 3.29. The predicted octanol–water partition coefficient (Wildman–Crippen LogP) is 2.10. The van der Waals surface area contributed by atoms with Crippen LogP contribution >= 0.6 is 0 Å². The van der Waals surface area contributed by atoms with Crippen LogP contribution in [0.1, 0.15) is 52.4 Å². The molecule has 1 saturated heterocycles. The van der Waals surface area contributed by atoms with Crippen LogP contribution < -0.4 is 5.32 Å². The molecule has 1 saturated carbocycles. The number of carbonyl (C=O) groups excluding carboxylic acids is 1. The Morgan fingerprint density at radius 1 is 1.10 bits per heavy atom. The number of hydrogen-bond acceptors (Lipinski definition) is 3. The van der Waals surface area contributed by atoms with Gasteiger partial charge in [0, 0.05) is 32.2 Å². The predicted molar refractivity (Wildman–Crippen MR) is 87.4 cm³/mol. The summed E-state index contributed by atoms with van der Waals surface area (Å²) in [4.78, 5) is 17.0. The average molecular weight is 295 g/mol. The zero-order chi connectivity index (χ0) is 15.1. The van der Waals surface area contributed by atoms with Crippen molar-refractivity contribution >= 4 is 5.91 Å². The number of carbonyl (C=O) groups is 1. The van der Waals surface area contributed by atoms with Gasteiger partial charge in [0.25, 0.3) is 0 Å². The minimum atomic E-state index is 0.331. The van der Waals surface area contributed by atoms with Gasteiger partial charge in [0.2, 0.25) is 5.91 Å². The van der Waals surface area contributed by atoms with Gasteiger partial charge in [-0.25, -0.2) is 0 Å². The summed E-state index contributed by atoms with van der Waals surface area (Å²) in [7, 11) is 0. The topological polar surface area (TPSA) is 35.6 Å². The molecule has 2 rings (SSSR count). The van der Waals surface area contributed by atoms with Crippen LogP contribution in [0.15, 0.2) is 0 Å². The van der Waals surface area contributed by atoms with Gasteiger partial charge in [0.1, 0.15) is 0 Å². The molecule has 1 aliphatic heterocycles. The van der Waals surface area contributed by atoms with Crippen LogP contribution in [-0.2, 0) is 4.79 Å². The second kappa shape index (κ2) is 8.74. The highest BCUT2D eigenvalue weighted by Gasteiger charge is 2.28. The molecule has 4 nitrogen and oxygen atoms in total. The zero-order valence-electron chi connectivity index (χ0n) is 13.9. The van der Waals surface area contributed by atoms with Crippen molar-refractivity contribution in [2.24, 2.45) is 5.92 Å². The van der Waals surface area contributed by atoms with Crippen molar-refractivity contribution in [3.63, 3.8) is 0 Å². The molecule has 1 heterocycles. The van der Waals surface area contributed by atoms with Crippen molar-refractivity contribution in [2.75, 3.05) is 39.3 Å². The maximum absolute atomic E-state index is 12.6. The monoisotopic (exact) mass is 295 g/mol. The second-order valence-corrected chi connectivity index (χ2v) is 6.81. The van der Waals surface area contributed by atoms with Crippen molar-refractivity contribution in [1.29, 1.82) is 0 Å². The van der Waals surface area contributed by atoms with Gasteiger partial charge in [0.15, 0.2) is 0 Å². The lowest BCUT2D eigenvalue weighted by Gasteiger charge is -2.29. The van der Waals surface area contributed by atoms with Crippen LogP contribution in [0.5, 0.6) is 0 Å². The summed E-state index contributed by atoms with van der Waals surface area (Å²) in [5.41, 5.74) is 0. The summed E-state index contributed by atoms with van der Waals surface area (Å²) >= 11 is 0. The Hall–Kier alpha value is -0.610. The Morgan fingerprint density at radius 2 is 1.81 bits per heavy atom. The van der Waals surface area contributed by atoms with Gasteiger partial charge in [-0.3, -0.25) is 9.69 Å². The molecule has 2 fully saturated rings.